The molecule has 0 bridgehead atoms. The Labute approximate surface area is 102 Å². The molecule has 0 fully saturated rings. The van der Waals surface area contributed by atoms with Crippen LogP contribution in [0.25, 0.3) is 0 Å². The maximum Gasteiger partial charge on any atom is 0.307 e. The minimum atomic E-state index is -0.212. The molecule has 0 aliphatic carbocycles. The van der Waals surface area contributed by atoms with Crippen molar-refractivity contribution in [1.29, 1.82) is 0 Å². The molecule has 4 nitrogen and oxygen atoms in total. The standard InChI is InChI=1S/C13H19NO3/c1-3-16-13(15)9-11(2)14-17-10-12-7-5-4-6-8-12/h4-8,11,14H,3,9-10H2,1-2H3. The van der Waals surface area contributed by atoms with E-state index in [2.05, 4.69) is 5.48 Å². The van der Waals surface area contributed by atoms with Crippen LogP contribution in [0.4, 0.5) is 0 Å². The van der Waals surface area contributed by atoms with Gasteiger partial charge >= 0.3 is 5.97 Å². The average molecular weight is 237 g/mol. The summed E-state index contributed by atoms with van der Waals surface area (Å²) in [5.74, 6) is -0.212. The van der Waals surface area contributed by atoms with E-state index < -0.39 is 0 Å². The molecule has 1 N–H and O–H groups in total. The molecule has 1 aromatic rings. The first-order valence-corrected chi connectivity index (χ1v) is 5.79. The van der Waals surface area contributed by atoms with Crippen molar-refractivity contribution in [1.82, 2.24) is 5.48 Å². The van der Waals surface area contributed by atoms with Crippen LogP contribution in [0.2, 0.25) is 0 Å². The lowest BCUT2D eigenvalue weighted by Crippen LogP contribution is -2.29. The quantitative estimate of drug-likeness (QED) is 0.582. The highest BCUT2D eigenvalue weighted by Gasteiger charge is 2.09. The molecular weight excluding hydrogens is 218 g/mol. The first-order valence-electron chi connectivity index (χ1n) is 5.79. The second-order valence-electron chi connectivity index (χ2n) is 3.80. The summed E-state index contributed by atoms with van der Waals surface area (Å²) in [7, 11) is 0. The summed E-state index contributed by atoms with van der Waals surface area (Å²) >= 11 is 0. The van der Waals surface area contributed by atoms with E-state index in [1.165, 1.54) is 0 Å². The first-order chi connectivity index (χ1) is 8.22. The van der Waals surface area contributed by atoms with Gasteiger partial charge in [0.05, 0.1) is 19.6 Å². The van der Waals surface area contributed by atoms with Crippen LogP contribution in [0.3, 0.4) is 0 Å². The third-order valence-corrected chi connectivity index (χ3v) is 2.14. The smallest absolute Gasteiger partial charge is 0.307 e. The number of nitrogens with one attached hydrogen (secondary N) is 1. The maximum atomic E-state index is 11.2. The highest BCUT2D eigenvalue weighted by Crippen LogP contribution is 2.00. The molecule has 0 spiro atoms. The summed E-state index contributed by atoms with van der Waals surface area (Å²) in [5.41, 5.74) is 3.91. The molecule has 1 unspecified atom stereocenters. The number of hydrogen-bond donors (Lipinski definition) is 1. The third-order valence-electron chi connectivity index (χ3n) is 2.14. The first kappa shape index (κ1) is 13.7. The van der Waals surface area contributed by atoms with Gasteiger partial charge in [-0.3, -0.25) is 9.63 Å². The molecular formula is C13H19NO3. The van der Waals surface area contributed by atoms with Crippen LogP contribution in [0.1, 0.15) is 25.8 Å². The summed E-state index contributed by atoms with van der Waals surface area (Å²) in [6.07, 6.45) is 0.308. The Morgan fingerprint density at radius 1 is 1.35 bits per heavy atom. The van der Waals surface area contributed by atoms with E-state index in [1.807, 2.05) is 37.3 Å². The fourth-order valence-corrected chi connectivity index (χ4v) is 1.35. The molecule has 0 saturated carbocycles. The predicted molar refractivity (Wildman–Crippen MR) is 65.1 cm³/mol. The second kappa shape index (κ2) is 7.81. The van der Waals surface area contributed by atoms with Crippen molar-refractivity contribution in [2.75, 3.05) is 6.61 Å². The van der Waals surface area contributed by atoms with Gasteiger partial charge in [0.15, 0.2) is 0 Å². The number of rotatable bonds is 7. The lowest BCUT2D eigenvalue weighted by Gasteiger charge is -2.12. The Morgan fingerprint density at radius 2 is 2.06 bits per heavy atom. The number of hydroxylamine groups is 1. The molecule has 0 heterocycles. The minimum Gasteiger partial charge on any atom is -0.466 e. The van der Waals surface area contributed by atoms with Crippen LogP contribution in [-0.2, 0) is 21.0 Å². The lowest BCUT2D eigenvalue weighted by molar-refractivity contribution is -0.144. The molecule has 17 heavy (non-hydrogen) atoms. The second-order valence-corrected chi connectivity index (χ2v) is 3.80. The Hall–Kier alpha value is -1.39. The molecule has 1 aromatic carbocycles. The summed E-state index contributed by atoms with van der Waals surface area (Å²) in [4.78, 5) is 16.5. The van der Waals surface area contributed by atoms with E-state index >= 15 is 0 Å². The minimum absolute atomic E-state index is 0.0576. The molecule has 0 aliphatic heterocycles. The molecule has 1 atom stereocenters. The monoisotopic (exact) mass is 237 g/mol. The van der Waals surface area contributed by atoms with Gasteiger partial charge in [0.25, 0.3) is 0 Å². The average Bonchev–Trinajstić information content (AvgIpc) is 2.30. The van der Waals surface area contributed by atoms with Crippen molar-refractivity contribution < 1.29 is 14.4 Å². The molecule has 0 radical (unpaired) electrons. The van der Waals surface area contributed by atoms with Gasteiger partial charge in [0.1, 0.15) is 0 Å². The zero-order valence-electron chi connectivity index (χ0n) is 10.3. The number of carbonyl (C=O) groups is 1. The predicted octanol–water partition coefficient (Wildman–Crippen LogP) is 2.05. The third kappa shape index (κ3) is 6.04. The zero-order valence-corrected chi connectivity index (χ0v) is 10.3. The number of ether oxygens (including phenoxy) is 1. The SMILES string of the molecule is CCOC(=O)CC(C)NOCc1ccccc1. The van der Waals surface area contributed by atoms with Gasteiger partial charge < -0.3 is 4.74 Å². The Balaban J connectivity index is 2.16. The van der Waals surface area contributed by atoms with E-state index in [0.717, 1.165) is 5.56 Å². The lowest BCUT2D eigenvalue weighted by atomic mass is 10.2. The van der Waals surface area contributed by atoms with Crippen LogP contribution in [-0.4, -0.2) is 18.6 Å². The van der Waals surface area contributed by atoms with Crippen LogP contribution in [0, 0.1) is 0 Å². The number of carbonyl (C=O) groups excluding carboxylic acids is 1. The molecule has 0 amide bonds. The number of hydrogen-bond acceptors (Lipinski definition) is 4. The van der Waals surface area contributed by atoms with Crippen molar-refractivity contribution in [3.63, 3.8) is 0 Å². The van der Waals surface area contributed by atoms with E-state index in [0.29, 0.717) is 19.6 Å². The summed E-state index contributed by atoms with van der Waals surface area (Å²) < 4.78 is 4.84. The Kier molecular flexibility index (Phi) is 6.29. The van der Waals surface area contributed by atoms with Crippen molar-refractivity contribution in [3.05, 3.63) is 35.9 Å². The van der Waals surface area contributed by atoms with Gasteiger partial charge in [-0.1, -0.05) is 30.3 Å². The van der Waals surface area contributed by atoms with Gasteiger partial charge in [-0.15, -0.1) is 0 Å². The van der Waals surface area contributed by atoms with Crippen LogP contribution < -0.4 is 5.48 Å². The molecule has 0 aromatic heterocycles. The largest absolute Gasteiger partial charge is 0.466 e. The summed E-state index contributed by atoms with van der Waals surface area (Å²) in [6.45, 7) is 4.56. The van der Waals surface area contributed by atoms with Crippen molar-refractivity contribution >= 4 is 5.97 Å². The van der Waals surface area contributed by atoms with E-state index in [4.69, 9.17) is 9.57 Å². The van der Waals surface area contributed by atoms with Crippen LogP contribution >= 0.6 is 0 Å². The molecule has 0 aliphatic rings. The van der Waals surface area contributed by atoms with Gasteiger partial charge in [0.2, 0.25) is 0 Å². The molecule has 4 heteroatoms. The van der Waals surface area contributed by atoms with E-state index in [-0.39, 0.29) is 12.0 Å². The highest BCUT2D eigenvalue weighted by molar-refractivity contribution is 5.69. The van der Waals surface area contributed by atoms with Gasteiger partial charge in [0, 0.05) is 6.04 Å². The van der Waals surface area contributed by atoms with Crippen LogP contribution in [0.15, 0.2) is 30.3 Å². The normalized spacial score (nSPS) is 12.1. The van der Waals surface area contributed by atoms with Crippen molar-refractivity contribution in [3.8, 4) is 0 Å². The van der Waals surface area contributed by atoms with E-state index in [1.54, 1.807) is 6.92 Å². The molecule has 1 rings (SSSR count). The highest BCUT2D eigenvalue weighted by atomic mass is 16.6. The maximum absolute atomic E-state index is 11.2. The van der Waals surface area contributed by atoms with Crippen LogP contribution in [0.5, 0.6) is 0 Å². The summed E-state index contributed by atoms with van der Waals surface area (Å²) in [5, 5.41) is 0. The Bertz CT molecular complexity index is 327. The van der Waals surface area contributed by atoms with Gasteiger partial charge in [-0.05, 0) is 19.4 Å². The number of esters is 1. The van der Waals surface area contributed by atoms with E-state index in [9.17, 15) is 4.79 Å². The molecule has 0 saturated heterocycles. The van der Waals surface area contributed by atoms with Gasteiger partial charge in [-0.2, -0.15) is 5.48 Å². The fourth-order valence-electron chi connectivity index (χ4n) is 1.35. The topological polar surface area (TPSA) is 47.6 Å². The zero-order chi connectivity index (χ0) is 12.5. The number of benzene rings is 1. The van der Waals surface area contributed by atoms with Crippen molar-refractivity contribution in [2.45, 2.75) is 32.9 Å². The van der Waals surface area contributed by atoms with Crippen molar-refractivity contribution in [2.24, 2.45) is 0 Å². The van der Waals surface area contributed by atoms with Gasteiger partial charge in [-0.25, -0.2) is 0 Å². The Morgan fingerprint density at radius 3 is 2.71 bits per heavy atom. The summed E-state index contributed by atoms with van der Waals surface area (Å²) in [6, 6.07) is 9.79. The molecule has 94 valence electrons. The fraction of sp³-hybridized carbons (Fsp3) is 0.462.